The zero-order valence-electron chi connectivity index (χ0n) is 13.6. The number of nitrogens with zero attached hydrogens (tertiary/aromatic N) is 1. The molecule has 1 aromatic rings. The molecule has 0 aromatic heterocycles. The van der Waals surface area contributed by atoms with E-state index in [0.717, 1.165) is 43.8 Å². The fourth-order valence-electron chi connectivity index (χ4n) is 3.18. The molecule has 1 aliphatic rings. The SMILES string of the molecule is COCC1CCN(CCCC(=O)c2ccccc2CN)CC1. The second-order valence-corrected chi connectivity index (χ2v) is 6.13. The minimum absolute atomic E-state index is 0.218. The standard InChI is InChI=1S/C18H28N2O2/c1-22-14-15-8-11-20(12-9-15)10-4-7-18(21)17-6-3-2-5-16(17)13-19/h2-3,5-6,15H,4,7-14,19H2,1H3. The van der Waals surface area contributed by atoms with Crippen LogP contribution in [0.2, 0.25) is 0 Å². The maximum Gasteiger partial charge on any atom is 0.163 e. The zero-order valence-corrected chi connectivity index (χ0v) is 13.6. The topological polar surface area (TPSA) is 55.6 Å². The Labute approximate surface area is 133 Å². The number of nitrogens with two attached hydrogens (primary N) is 1. The number of Topliss-reactive ketones (excluding diaryl/α,β-unsaturated/α-hetero) is 1. The van der Waals surface area contributed by atoms with Gasteiger partial charge in [0.2, 0.25) is 0 Å². The van der Waals surface area contributed by atoms with Gasteiger partial charge in [-0.15, -0.1) is 0 Å². The van der Waals surface area contributed by atoms with Crippen molar-refractivity contribution in [3.63, 3.8) is 0 Å². The number of likely N-dealkylation sites (tertiary alicyclic amines) is 1. The van der Waals surface area contributed by atoms with Crippen LogP contribution in [0.4, 0.5) is 0 Å². The van der Waals surface area contributed by atoms with E-state index in [-0.39, 0.29) is 5.78 Å². The van der Waals surface area contributed by atoms with Crippen molar-refractivity contribution >= 4 is 5.78 Å². The molecule has 1 heterocycles. The quantitative estimate of drug-likeness (QED) is 0.750. The number of rotatable bonds is 8. The highest BCUT2D eigenvalue weighted by Crippen LogP contribution is 2.18. The molecule has 4 nitrogen and oxygen atoms in total. The van der Waals surface area contributed by atoms with E-state index in [1.54, 1.807) is 7.11 Å². The lowest BCUT2D eigenvalue weighted by Crippen LogP contribution is -2.35. The number of benzene rings is 1. The molecule has 2 N–H and O–H groups in total. The Hall–Kier alpha value is -1.23. The predicted molar refractivity (Wildman–Crippen MR) is 88.9 cm³/mol. The second-order valence-electron chi connectivity index (χ2n) is 6.13. The first kappa shape index (κ1) is 17.1. The summed E-state index contributed by atoms with van der Waals surface area (Å²) in [6.45, 7) is 4.57. The first-order valence-electron chi connectivity index (χ1n) is 8.27. The molecule has 1 saturated heterocycles. The average molecular weight is 304 g/mol. The van der Waals surface area contributed by atoms with Gasteiger partial charge >= 0.3 is 0 Å². The molecular weight excluding hydrogens is 276 g/mol. The Morgan fingerprint density at radius 1 is 1.32 bits per heavy atom. The summed E-state index contributed by atoms with van der Waals surface area (Å²) in [5, 5.41) is 0. The zero-order chi connectivity index (χ0) is 15.8. The van der Waals surface area contributed by atoms with Gasteiger partial charge in [0.05, 0.1) is 0 Å². The van der Waals surface area contributed by atoms with Gasteiger partial charge in [0, 0.05) is 32.2 Å². The van der Waals surface area contributed by atoms with E-state index in [9.17, 15) is 4.79 Å². The fraction of sp³-hybridized carbons (Fsp3) is 0.611. The number of carbonyl (C=O) groups is 1. The van der Waals surface area contributed by atoms with Gasteiger partial charge in [-0.1, -0.05) is 24.3 Å². The molecule has 0 atom stereocenters. The fourth-order valence-corrected chi connectivity index (χ4v) is 3.18. The molecular formula is C18H28N2O2. The molecule has 0 saturated carbocycles. The van der Waals surface area contributed by atoms with Crippen LogP contribution in [0.1, 0.15) is 41.6 Å². The summed E-state index contributed by atoms with van der Waals surface area (Å²) in [7, 11) is 1.77. The van der Waals surface area contributed by atoms with Crippen LogP contribution in [0, 0.1) is 5.92 Å². The van der Waals surface area contributed by atoms with Gasteiger partial charge in [0.25, 0.3) is 0 Å². The van der Waals surface area contributed by atoms with Crippen LogP contribution in [0.15, 0.2) is 24.3 Å². The van der Waals surface area contributed by atoms with Crippen molar-refractivity contribution in [3.8, 4) is 0 Å². The Bertz CT molecular complexity index is 468. The van der Waals surface area contributed by atoms with E-state index in [4.69, 9.17) is 10.5 Å². The highest BCUT2D eigenvalue weighted by atomic mass is 16.5. The average Bonchev–Trinajstić information content (AvgIpc) is 2.56. The molecule has 1 fully saturated rings. The van der Waals surface area contributed by atoms with Crippen LogP contribution < -0.4 is 5.73 Å². The van der Waals surface area contributed by atoms with Crippen molar-refractivity contribution in [2.75, 3.05) is 33.4 Å². The van der Waals surface area contributed by atoms with Gasteiger partial charge in [-0.2, -0.15) is 0 Å². The van der Waals surface area contributed by atoms with Gasteiger partial charge < -0.3 is 15.4 Å². The van der Waals surface area contributed by atoms with Crippen LogP contribution in [0.3, 0.4) is 0 Å². The summed E-state index contributed by atoms with van der Waals surface area (Å²) in [6.07, 6.45) is 3.94. The third-order valence-electron chi connectivity index (χ3n) is 4.53. The summed E-state index contributed by atoms with van der Waals surface area (Å²) >= 11 is 0. The lowest BCUT2D eigenvalue weighted by atomic mass is 9.97. The number of hydrogen-bond acceptors (Lipinski definition) is 4. The molecule has 2 rings (SSSR count). The third kappa shape index (κ3) is 4.90. The van der Waals surface area contributed by atoms with Crippen molar-refractivity contribution in [2.24, 2.45) is 11.7 Å². The summed E-state index contributed by atoms with van der Waals surface area (Å²) < 4.78 is 5.23. The predicted octanol–water partition coefficient (Wildman–Crippen LogP) is 2.47. The number of carbonyl (C=O) groups excluding carboxylic acids is 1. The molecule has 0 spiro atoms. The summed E-state index contributed by atoms with van der Waals surface area (Å²) in [4.78, 5) is 14.8. The second kappa shape index (κ2) is 9.03. The summed E-state index contributed by atoms with van der Waals surface area (Å²) in [5.41, 5.74) is 7.45. The normalized spacial score (nSPS) is 16.8. The lowest BCUT2D eigenvalue weighted by Gasteiger charge is -2.31. The van der Waals surface area contributed by atoms with E-state index in [2.05, 4.69) is 4.90 Å². The third-order valence-corrected chi connectivity index (χ3v) is 4.53. The molecule has 22 heavy (non-hydrogen) atoms. The van der Waals surface area contributed by atoms with Gasteiger partial charge in [0.1, 0.15) is 0 Å². The molecule has 0 aliphatic carbocycles. The summed E-state index contributed by atoms with van der Waals surface area (Å²) in [5.74, 6) is 0.926. The highest BCUT2D eigenvalue weighted by molar-refractivity contribution is 5.97. The van der Waals surface area contributed by atoms with Gasteiger partial charge in [0.15, 0.2) is 5.78 Å². The van der Waals surface area contributed by atoms with Crippen LogP contribution in [-0.2, 0) is 11.3 Å². The number of ether oxygens (including phenoxy) is 1. The van der Waals surface area contributed by atoms with Crippen molar-refractivity contribution in [3.05, 3.63) is 35.4 Å². The van der Waals surface area contributed by atoms with Gasteiger partial charge in [-0.3, -0.25) is 4.79 Å². The molecule has 1 aliphatic heterocycles. The molecule has 1 aromatic carbocycles. The minimum Gasteiger partial charge on any atom is -0.384 e. The van der Waals surface area contributed by atoms with Crippen molar-refractivity contribution in [2.45, 2.75) is 32.2 Å². The van der Waals surface area contributed by atoms with Crippen molar-refractivity contribution in [1.82, 2.24) is 4.90 Å². The van der Waals surface area contributed by atoms with Gasteiger partial charge in [-0.05, 0) is 50.4 Å². The first-order valence-corrected chi connectivity index (χ1v) is 8.27. The van der Waals surface area contributed by atoms with Crippen molar-refractivity contribution < 1.29 is 9.53 Å². The summed E-state index contributed by atoms with van der Waals surface area (Å²) in [6, 6.07) is 7.67. The molecule has 4 heteroatoms. The highest BCUT2D eigenvalue weighted by Gasteiger charge is 2.19. The Kier molecular flexibility index (Phi) is 7.03. The van der Waals surface area contributed by atoms with Gasteiger partial charge in [-0.25, -0.2) is 0 Å². The molecule has 0 unspecified atom stereocenters. The first-order chi connectivity index (χ1) is 10.7. The molecule has 0 amide bonds. The van der Waals surface area contributed by atoms with E-state index < -0.39 is 0 Å². The number of piperidine rings is 1. The number of ketones is 1. The maximum absolute atomic E-state index is 12.3. The Balaban J connectivity index is 1.72. The van der Waals surface area contributed by atoms with Crippen LogP contribution in [0.25, 0.3) is 0 Å². The van der Waals surface area contributed by atoms with Crippen LogP contribution in [-0.4, -0.2) is 44.0 Å². The molecule has 122 valence electrons. The van der Waals surface area contributed by atoms with E-state index in [1.165, 1.54) is 12.8 Å². The maximum atomic E-state index is 12.3. The molecule has 0 radical (unpaired) electrons. The van der Waals surface area contributed by atoms with Crippen molar-refractivity contribution in [1.29, 1.82) is 0 Å². The molecule has 0 bridgehead atoms. The lowest BCUT2D eigenvalue weighted by molar-refractivity contribution is 0.0928. The monoisotopic (exact) mass is 304 g/mol. The Morgan fingerprint density at radius 3 is 2.73 bits per heavy atom. The Morgan fingerprint density at radius 2 is 2.05 bits per heavy atom. The van der Waals surface area contributed by atoms with Crippen LogP contribution >= 0.6 is 0 Å². The smallest absolute Gasteiger partial charge is 0.163 e. The van der Waals surface area contributed by atoms with E-state index in [0.29, 0.717) is 18.9 Å². The van der Waals surface area contributed by atoms with E-state index in [1.807, 2.05) is 24.3 Å². The minimum atomic E-state index is 0.218. The number of hydrogen-bond donors (Lipinski definition) is 1. The largest absolute Gasteiger partial charge is 0.384 e. The number of methoxy groups -OCH3 is 1. The van der Waals surface area contributed by atoms with Crippen LogP contribution in [0.5, 0.6) is 0 Å². The van der Waals surface area contributed by atoms with E-state index >= 15 is 0 Å².